The summed E-state index contributed by atoms with van der Waals surface area (Å²) in [4.78, 5) is 15.7. The number of rotatable bonds is 7. The molecule has 4 nitrogen and oxygen atoms in total. The van der Waals surface area contributed by atoms with E-state index in [0.29, 0.717) is 5.92 Å². The number of hydrogen-bond acceptors (Lipinski definition) is 5. The molecule has 1 N–H and O–H groups in total. The van der Waals surface area contributed by atoms with Crippen LogP contribution in [0.15, 0.2) is 27.4 Å². The molecule has 0 spiro atoms. The molecule has 1 aromatic heterocycles. The van der Waals surface area contributed by atoms with Crippen LogP contribution in [-0.4, -0.2) is 27.6 Å². The predicted octanol–water partition coefficient (Wildman–Crippen LogP) is 5.33. The highest BCUT2D eigenvalue weighted by Gasteiger charge is 2.43. The molecule has 0 saturated heterocycles. The number of allylic oxidation sites excluding steroid dienone is 1. The van der Waals surface area contributed by atoms with Gasteiger partial charge >= 0.3 is 0 Å². The van der Waals surface area contributed by atoms with Gasteiger partial charge in [-0.15, -0.1) is 0 Å². The number of fused-ring (bicyclic) bond motifs is 4. The highest BCUT2D eigenvalue weighted by molar-refractivity contribution is 8.00. The maximum atomic E-state index is 5.20. The van der Waals surface area contributed by atoms with Gasteiger partial charge in [-0.2, -0.15) is 0 Å². The van der Waals surface area contributed by atoms with Crippen molar-refractivity contribution in [3.05, 3.63) is 23.2 Å². The average Bonchev–Trinajstić information content (AvgIpc) is 3.24. The van der Waals surface area contributed by atoms with Gasteiger partial charge in [-0.3, -0.25) is 4.99 Å². The number of aliphatic imine (C=N–C) groups is 1. The Labute approximate surface area is 155 Å². The fraction of sp³-hybridized carbons (Fsp3) is 0.650. The summed E-state index contributed by atoms with van der Waals surface area (Å²) in [6, 6.07) is 0. The second-order valence-corrected chi connectivity index (χ2v) is 8.37. The molecule has 1 aliphatic carbocycles. The first-order valence-electron chi connectivity index (χ1n) is 9.87. The second-order valence-electron chi connectivity index (χ2n) is 7.24. The third-order valence-corrected chi connectivity index (χ3v) is 6.76. The largest absolute Gasteiger partial charge is 0.369 e. The fourth-order valence-electron chi connectivity index (χ4n) is 4.23. The van der Waals surface area contributed by atoms with Crippen molar-refractivity contribution in [2.45, 2.75) is 81.4 Å². The van der Waals surface area contributed by atoms with Crippen LogP contribution < -0.4 is 5.32 Å². The van der Waals surface area contributed by atoms with Crippen molar-refractivity contribution in [3.8, 4) is 0 Å². The Bertz CT molecular complexity index is 710. The summed E-state index contributed by atoms with van der Waals surface area (Å²) in [6.45, 7) is 5.46. The summed E-state index contributed by atoms with van der Waals surface area (Å²) in [5, 5.41) is 3.80. The molecule has 3 aliphatic rings. The molecule has 134 valence electrons. The Morgan fingerprint density at radius 3 is 2.88 bits per heavy atom. The molecule has 5 heteroatoms. The molecule has 0 saturated carbocycles. The summed E-state index contributed by atoms with van der Waals surface area (Å²) < 4.78 is 0. The van der Waals surface area contributed by atoms with E-state index in [-0.39, 0.29) is 5.37 Å². The van der Waals surface area contributed by atoms with Crippen LogP contribution in [0.25, 0.3) is 0 Å². The van der Waals surface area contributed by atoms with Crippen molar-refractivity contribution in [2.24, 2.45) is 4.99 Å². The maximum absolute atomic E-state index is 5.20. The van der Waals surface area contributed by atoms with E-state index in [1.807, 2.05) is 11.8 Å². The van der Waals surface area contributed by atoms with Crippen LogP contribution in [0.3, 0.4) is 0 Å². The molecular formula is C20H28N4S. The summed E-state index contributed by atoms with van der Waals surface area (Å²) in [7, 11) is 0. The van der Waals surface area contributed by atoms with Crippen molar-refractivity contribution < 1.29 is 0 Å². The van der Waals surface area contributed by atoms with E-state index >= 15 is 0 Å². The van der Waals surface area contributed by atoms with Crippen LogP contribution in [-0.2, 0) is 0 Å². The number of dihydropyridines is 1. The molecule has 25 heavy (non-hydrogen) atoms. The van der Waals surface area contributed by atoms with E-state index in [4.69, 9.17) is 9.98 Å². The summed E-state index contributed by atoms with van der Waals surface area (Å²) in [5.41, 5.74) is 5.82. The molecule has 1 aromatic rings. The van der Waals surface area contributed by atoms with Gasteiger partial charge in [0.2, 0.25) is 0 Å². The maximum Gasteiger partial charge on any atom is 0.143 e. The zero-order valence-electron chi connectivity index (χ0n) is 15.3. The van der Waals surface area contributed by atoms with Gasteiger partial charge in [0.15, 0.2) is 0 Å². The molecule has 0 radical (unpaired) electrons. The van der Waals surface area contributed by atoms with Crippen LogP contribution in [0.4, 0.5) is 5.82 Å². The molecule has 2 atom stereocenters. The first kappa shape index (κ1) is 17.1. The number of aromatic nitrogens is 2. The number of anilines is 1. The van der Waals surface area contributed by atoms with Crippen LogP contribution in [0, 0.1) is 0 Å². The van der Waals surface area contributed by atoms with Gasteiger partial charge in [-0.1, -0.05) is 44.0 Å². The summed E-state index contributed by atoms with van der Waals surface area (Å²) in [6.07, 6.45) is 11.5. The number of nitrogens with one attached hydrogen (secondary N) is 1. The smallest absolute Gasteiger partial charge is 0.143 e. The third-order valence-electron chi connectivity index (χ3n) is 5.51. The monoisotopic (exact) mass is 356 g/mol. The molecule has 0 amide bonds. The van der Waals surface area contributed by atoms with Crippen LogP contribution in [0.2, 0.25) is 0 Å². The minimum absolute atomic E-state index is 0.280. The number of hydrogen-bond donors (Lipinski definition) is 1. The lowest BCUT2D eigenvalue weighted by molar-refractivity contribution is 0.694. The second kappa shape index (κ2) is 7.48. The molecular weight excluding hydrogens is 328 g/mol. The Hall–Kier alpha value is -1.36. The van der Waals surface area contributed by atoms with Crippen molar-refractivity contribution in [2.75, 3.05) is 11.9 Å². The molecule has 2 aliphatic heterocycles. The van der Waals surface area contributed by atoms with Crippen molar-refractivity contribution >= 4 is 23.3 Å². The zero-order valence-corrected chi connectivity index (χ0v) is 16.2. The molecule has 3 heterocycles. The van der Waals surface area contributed by atoms with Crippen LogP contribution in [0.1, 0.15) is 76.8 Å². The van der Waals surface area contributed by atoms with Gasteiger partial charge in [-0.25, -0.2) is 9.97 Å². The minimum Gasteiger partial charge on any atom is -0.369 e. The first-order chi connectivity index (χ1) is 12.3. The fourth-order valence-corrected chi connectivity index (χ4v) is 5.62. The molecule has 4 rings (SSSR count). The summed E-state index contributed by atoms with van der Waals surface area (Å²) in [5.74, 6) is 1.40. The SMILES string of the molecule is CCCCNc1ncnc2c1S[C@@H]1N=C(CCCC)C3=C(CCC3)[C@H]21. The Morgan fingerprint density at radius 2 is 2.04 bits per heavy atom. The van der Waals surface area contributed by atoms with Gasteiger partial charge in [0, 0.05) is 12.3 Å². The predicted molar refractivity (Wildman–Crippen MR) is 106 cm³/mol. The van der Waals surface area contributed by atoms with Gasteiger partial charge in [0.1, 0.15) is 17.5 Å². The van der Waals surface area contributed by atoms with E-state index < -0.39 is 0 Å². The normalized spacial score (nSPS) is 24.0. The Balaban J connectivity index is 1.65. The van der Waals surface area contributed by atoms with Crippen LogP contribution >= 0.6 is 11.8 Å². The quantitative estimate of drug-likeness (QED) is 0.671. The molecule has 0 bridgehead atoms. The van der Waals surface area contributed by atoms with E-state index in [1.54, 1.807) is 17.5 Å². The van der Waals surface area contributed by atoms with E-state index in [0.717, 1.165) is 18.8 Å². The van der Waals surface area contributed by atoms with Crippen molar-refractivity contribution in [1.29, 1.82) is 0 Å². The Kier molecular flexibility index (Phi) is 5.11. The lowest BCUT2D eigenvalue weighted by Crippen LogP contribution is -2.21. The van der Waals surface area contributed by atoms with E-state index in [1.165, 1.54) is 61.2 Å². The highest BCUT2D eigenvalue weighted by atomic mass is 32.2. The topological polar surface area (TPSA) is 50.2 Å². The number of unbranched alkanes of at least 4 members (excludes halogenated alkanes) is 2. The number of thioether (sulfide) groups is 1. The van der Waals surface area contributed by atoms with Crippen molar-refractivity contribution in [3.63, 3.8) is 0 Å². The van der Waals surface area contributed by atoms with Crippen molar-refractivity contribution in [1.82, 2.24) is 9.97 Å². The standard InChI is InChI=1S/C20H28N4S/c1-3-5-10-15-13-8-7-9-14(13)16-17-18(25-20(16)24-15)19(23-12-22-17)21-11-6-4-2/h12,16,20H,3-11H2,1-2H3,(H,21,22,23)/t16-,20+/m1/s1. The van der Waals surface area contributed by atoms with Gasteiger partial charge in [0.05, 0.1) is 16.5 Å². The first-order valence-corrected chi connectivity index (χ1v) is 10.8. The Morgan fingerprint density at radius 1 is 1.16 bits per heavy atom. The number of nitrogens with zero attached hydrogens (tertiary/aromatic N) is 3. The van der Waals surface area contributed by atoms with E-state index in [2.05, 4.69) is 24.1 Å². The molecule has 0 aromatic carbocycles. The average molecular weight is 357 g/mol. The lowest BCUT2D eigenvalue weighted by atomic mass is 9.87. The minimum atomic E-state index is 0.280. The van der Waals surface area contributed by atoms with Gasteiger partial charge < -0.3 is 5.32 Å². The molecule has 0 fully saturated rings. The van der Waals surface area contributed by atoms with Gasteiger partial charge in [0.25, 0.3) is 0 Å². The summed E-state index contributed by atoms with van der Waals surface area (Å²) >= 11 is 1.88. The van der Waals surface area contributed by atoms with Crippen LogP contribution in [0.5, 0.6) is 0 Å². The van der Waals surface area contributed by atoms with E-state index in [9.17, 15) is 0 Å². The zero-order chi connectivity index (χ0) is 17.2. The lowest BCUT2D eigenvalue weighted by Gasteiger charge is -2.26. The third kappa shape index (κ3) is 3.12. The van der Waals surface area contributed by atoms with Gasteiger partial charge in [-0.05, 0) is 44.1 Å². The molecule has 0 unspecified atom stereocenters. The highest BCUT2D eigenvalue weighted by Crippen LogP contribution is 2.55.